The van der Waals surface area contributed by atoms with Crippen LogP contribution in [0.25, 0.3) is 0 Å². The Kier molecular flexibility index (Phi) is 6.08. The van der Waals surface area contributed by atoms with Crippen LogP contribution in [0.3, 0.4) is 0 Å². The highest BCUT2D eigenvalue weighted by Crippen LogP contribution is 2.20. The maximum atomic E-state index is 12.7. The topological polar surface area (TPSA) is 71.1 Å². The van der Waals surface area contributed by atoms with Gasteiger partial charge in [0.15, 0.2) is 6.54 Å². The molecule has 0 saturated carbocycles. The summed E-state index contributed by atoms with van der Waals surface area (Å²) in [6.45, 7) is 7.27. The number of rotatable bonds is 5. The third kappa shape index (κ3) is 4.33. The molecule has 2 aliphatic heterocycles. The summed E-state index contributed by atoms with van der Waals surface area (Å²) in [4.78, 5) is 28.8. The minimum atomic E-state index is -0.373. The highest BCUT2D eigenvalue weighted by atomic mass is 16.6. The van der Waals surface area contributed by atoms with Gasteiger partial charge >= 0.3 is 0 Å². The molecule has 3 rings (SSSR count). The molecule has 26 heavy (non-hydrogen) atoms. The number of nitro groups is 1. The summed E-state index contributed by atoms with van der Waals surface area (Å²) in [5.41, 5.74) is 1.14. The maximum Gasteiger partial charge on any atom is 0.278 e. The number of carbonyl (C=O) groups is 1. The number of benzene rings is 1. The van der Waals surface area contributed by atoms with Crippen LogP contribution in [0.4, 0.5) is 11.4 Å². The second kappa shape index (κ2) is 8.49. The molecular formula is C19H29N4O3+. The van der Waals surface area contributed by atoms with Gasteiger partial charge in [0.05, 0.1) is 31.1 Å². The second-order valence-electron chi connectivity index (χ2n) is 7.33. The van der Waals surface area contributed by atoms with Crippen LogP contribution in [0, 0.1) is 10.1 Å². The summed E-state index contributed by atoms with van der Waals surface area (Å²) in [7, 11) is 0. The smallest absolute Gasteiger partial charge is 0.278 e. The number of carbonyl (C=O) groups excluding carboxylic acids is 1. The molecule has 0 spiro atoms. The van der Waals surface area contributed by atoms with E-state index in [1.807, 2.05) is 12.1 Å². The zero-order valence-corrected chi connectivity index (χ0v) is 15.5. The Morgan fingerprint density at radius 2 is 1.88 bits per heavy atom. The third-order valence-electron chi connectivity index (χ3n) is 5.72. The van der Waals surface area contributed by atoms with Crippen molar-refractivity contribution in [2.24, 2.45) is 0 Å². The zero-order valence-electron chi connectivity index (χ0n) is 15.5. The lowest BCUT2D eigenvalue weighted by Crippen LogP contribution is -3.16. The van der Waals surface area contributed by atoms with Crippen molar-refractivity contribution >= 4 is 17.3 Å². The predicted octanol–water partition coefficient (Wildman–Crippen LogP) is 1.09. The molecule has 2 fully saturated rings. The lowest BCUT2D eigenvalue weighted by molar-refractivity contribution is -0.892. The maximum absolute atomic E-state index is 12.7. The van der Waals surface area contributed by atoms with E-state index in [1.54, 1.807) is 12.1 Å². The van der Waals surface area contributed by atoms with E-state index in [-0.39, 0.29) is 10.6 Å². The van der Waals surface area contributed by atoms with Crippen molar-refractivity contribution in [3.05, 3.63) is 34.4 Å². The first-order chi connectivity index (χ1) is 12.6. The molecule has 7 nitrogen and oxygen atoms in total. The number of piperidine rings is 1. The average Bonchev–Trinajstić information content (AvgIpc) is 2.68. The van der Waals surface area contributed by atoms with Crippen molar-refractivity contribution < 1.29 is 14.6 Å². The molecule has 1 aromatic carbocycles. The molecule has 142 valence electrons. The van der Waals surface area contributed by atoms with Crippen LogP contribution in [0.2, 0.25) is 0 Å². The van der Waals surface area contributed by atoms with Gasteiger partial charge in [0.1, 0.15) is 0 Å². The number of nitrogens with one attached hydrogen (secondary N) is 1. The molecule has 2 aliphatic rings. The van der Waals surface area contributed by atoms with Gasteiger partial charge in [0.25, 0.3) is 11.6 Å². The fraction of sp³-hybridized carbons (Fsp3) is 0.632. The molecule has 7 heteroatoms. The van der Waals surface area contributed by atoms with E-state index in [0.717, 1.165) is 57.7 Å². The fourth-order valence-corrected chi connectivity index (χ4v) is 4.11. The minimum Gasteiger partial charge on any atom is -0.360 e. The van der Waals surface area contributed by atoms with Crippen LogP contribution in [0.5, 0.6) is 0 Å². The van der Waals surface area contributed by atoms with Crippen LogP contribution in [0.1, 0.15) is 32.6 Å². The molecule has 1 N–H and O–H groups in total. The van der Waals surface area contributed by atoms with Gasteiger partial charge in [-0.2, -0.15) is 0 Å². The highest BCUT2D eigenvalue weighted by molar-refractivity contribution is 5.77. The molecule has 1 aromatic rings. The molecule has 0 aromatic heterocycles. The summed E-state index contributed by atoms with van der Waals surface area (Å²) in [5, 5.41) is 10.8. The number of hydrogen-bond donors (Lipinski definition) is 1. The molecule has 0 bridgehead atoms. The lowest BCUT2D eigenvalue weighted by atomic mass is 10.00. The summed E-state index contributed by atoms with van der Waals surface area (Å²) in [6.07, 6.45) is 4.56. The van der Waals surface area contributed by atoms with Gasteiger partial charge in [-0.15, -0.1) is 0 Å². The molecule has 2 heterocycles. The summed E-state index contributed by atoms with van der Waals surface area (Å²) < 4.78 is 0. The summed E-state index contributed by atoms with van der Waals surface area (Å²) in [6, 6.07) is 7.16. The van der Waals surface area contributed by atoms with Crippen LogP contribution in [-0.2, 0) is 4.79 Å². The Balaban J connectivity index is 1.50. The average molecular weight is 361 g/mol. The van der Waals surface area contributed by atoms with Gasteiger partial charge in [0.2, 0.25) is 0 Å². The van der Waals surface area contributed by atoms with Crippen molar-refractivity contribution in [2.45, 2.75) is 38.6 Å². The minimum absolute atomic E-state index is 0.121. The van der Waals surface area contributed by atoms with E-state index in [2.05, 4.69) is 16.7 Å². The number of nitrogens with zero attached hydrogens (tertiary/aromatic N) is 3. The predicted molar refractivity (Wildman–Crippen MR) is 101 cm³/mol. The van der Waals surface area contributed by atoms with Crippen LogP contribution >= 0.6 is 0 Å². The first-order valence-electron chi connectivity index (χ1n) is 9.71. The molecular weight excluding hydrogens is 332 g/mol. The summed E-state index contributed by atoms with van der Waals surface area (Å²) in [5.74, 6) is 0.301. The monoisotopic (exact) mass is 361 g/mol. The van der Waals surface area contributed by atoms with Crippen molar-refractivity contribution in [3.63, 3.8) is 0 Å². The van der Waals surface area contributed by atoms with Crippen molar-refractivity contribution in [1.29, 1.82) is 0 Å². The standard InChI is InChI=1S/C19H28N4O3/c1-2-16-5-3-4-10-22(16)19(24)15-20-11-13-21(14-12-20)17-6-8-18(9-7-17)23(25)26/h6-9,16H,2-5,10-15H2,1H3/p+1/t16-/m0/s1. The van der Waals surface area contributed by atoms with Crippen molar-refractivity contribution in [2.75, 3.05) is 44.2 Å². The van der Waals surface area contributed by atoms with Gasteiger partial charge in [-0.3, -0.25) is 14.9 Å². The number of nitro benzene ring substituents is 1. The van der Waals surface area contributed by atoms with Gasteiger partial charge in [0, 0.05) is 30.4 Å². The fourth-order valence-electron chi connectivity index (χ4n) is 4.11. The number of amides is 1. The Morgan fingerprint density at radius 1 is 1.19 bits per heavy atom. The lowest BCUT2D eigenvalue weighted by Gasteiger charge is -2.37. The van der Waals surface area contributed by atoms with E-state index in [4.69, 9.17) is 0 Å². The first-order valence-corrected chi connectivity index (χ1v) is 9.71. The Labute approximate surface area is 154 Å². The number of anilines is 1. The van der Waals surface area contributed by atoms with E-state index in [0.29, 0.717) is 18.5 Å². The first kappa shape index (κ1) is 18.6. The third-order valence-corrected chi connectivity index (χ3v) is 5.72. The van der Waals surface area contributed by atoms with Crippen molar-refractivity contribution in [3.8, 4) is 0 Å². The quantitative estimate of drug-likeness (QED) is 0.630. The number of piperazine rings is 1. The largest absolute Gasteiger partial charge is 0.360 e. The van der Waals surface area contributed by atoms with Crippen LogP contribution in [-0.4, -0.2) is 61.0 Å². The Hall–Kier alpha value is -2.15. The molecule has 0 unspecified atom stereocenters. The van der Waals surface area contributed by atoms with E-state index in [9.17, 15) is 14.9 Å². The van der Waals surface area contributed by atoms with Gasteiger partial charge in [-0.1, -0.05) is 6.92 Å². The molecule has 2 saturated heterocycles. The molecule has 0 aliphatic carbocycles. The van der Waals surface area contributed by atoms with E-state index < -0.39 is 0 Å². The molecule has 1 amide bonds. The molecule has 1 atom stereocenters. The van der Waals surface area contributed by atoms with Gasteiger partial charge in [-0.05, 0) is 37.8 Å². The number of quaternary nitrogens is 1. The molecule has 0 radical (unpaired) electrons. The summed E-state index contributed by atoms with van der Waals surface area (Å²) >= 11 is 0. The number of likely N-dealkylation sites (tertiary alicyclic amines) is 1. The normalized spacial score (nSPS) is 21.7. The second-order valence-corrected chi connectivity index (χ2v) is 7.33. The van der Waals surface area contributed by atoms with Crippen LogP contribution in [0.15, 0.2) is 24.3 Å². The van der Waals surface area contributed by atoms with Gasteiger partial charge < -0.3 is 14.7 Å². The zero-order chi connectivity index (χ0) is 18.5. The number of hydrogen-bond acceptors (Lipinski definition) is 4. The number of non-ortho nitro benzene ring substituents is 1. The highest BCUT2D eigenvalue weighted by Gasteiger charge is 2.29. The van der Waals surface area contributed by atoms with E-state index >= 15 is 0 Å². The Bertz CT molecular complexity index is 626. The SMILES string of the molecule is CC[C@H]1CCCCN1C(=O)C[NH+]1CCN(c2ccc([N+](=O)[O-])cc2)CC1. The van der Waals surface area contributed by atoms with E-state index in [1.165, 1.54) is 11.3 Å². The van der Waals surface area contributed by atoms with Gasteiger partial charge in [-0.25, -0.2) is 0 Å². The Morgan fingerprint density at radius 3 is 2.50 bits per heavy atom. The van der Waals surface area contributed by atoms with Crippen molar-refractivity contribution in [1.82, 2.24) is 4.90 Å². The van der Waals surface area contributed by atoms with Crippen LogP contribution < -0.4 is 9.80 Å².